The van der Waals surface area contributed by atoms with Crippen molar-refractivity contribution < 1.29 is 19.4 Å². The highest BCUT2D eigenvalue weighted by molar-refractivity contribution is 5.97. The van der Waals surface area contributed by atoms with Crippen molar-refractivity contribution in [1.82, 2.24) is 9.88 Å². The second-order valence-corrected chi connectivity index (χ2v) is 4.70. The summed E-state index contributed by atoms with van der Waals surface area (Å²) in [7, 11) is 1.57. The fraction of sp³-hybridized carbons (Fsp3) is 0.400. The second kappa shape index (κ2) is 8.16. The van der Waals surface area contributed by atoms with Crippen LogP contribution in [-0.2, 0) is 9.53 Å². The molecular formula is C15H20N2O4. The van der Waals surface area contributed by atoms with Crippen molar-refractivity contribution in [3.05, 3.63) is 35.7 Å². The number of nitrogens with zero attached hydrogens (tertiary/aromatic N) is 2. The van der Waals surface area contributed by atoms with Gasteiger partial charge in [0.05, 0.1) is 6.61 Å². The molecule has 1 heterocycles. The first kappa shape index (κ1) is 16.8. The maximum atomic E-state index is 12.6. The summed E-state index contributed by atoms with van der Waals surface area (Å²) in [6.45, 7) is 4.69. The molecule has 0 fully saturated rings. The molecule has 0 bridgehead atoms. The number of hydrogen-bond donors (Lipinski definition) is 1. The zero-order chi connectivity index (χ0) is 15.8. The number of aromatic nitrogens is 1. The van der Waals surface area contributed by atoms with Crippen molar-refractivity contribution in [2.45, 2.75) is 19.9 Å². The fourth-order valence-electron chi connectivity index (χ4n) is 1.81. The molecule has 0 unspecified atom stereocenters. The van der Waals surface area contributed by atoms with Gasteiger partial charge in [-0.3, -0.25) is 9.78 Å². The van der Waals surface area contributed by atoms with E-state index in [1.807, 2.05) is 13.8 Å². The average Bonchev–Trinajstić information content (AvgIpc) is 2.45. The van der Waals surface area contributed by atoms with E-state index in [-0.39, 0.29) is 17.6 Å². The molecular weight excluding hydrogens is 272 g/mol. The van der Waals surface area contributed by atoms with Crippen LogP contribution in [0.2, 0.25) is 0 Å². The van der Waals surface area contributed by atoms with Crippen molar-refractivity contribution in [3.8, 4) is 0 Å². The number of aliphatic carboxylic acids is 1. The Morgan fingerprint density at radius 1 is 1.48 bits per heavy atom. The third kappa shape index (κ3) is 5.00. The molecule has 0 aromatic carbocycles. The number of amides is 1. The Morgan fingerprint density at radius 3 is 2.76 bits per heavy atom. The maximum absolute atomic E-state index is 12.6. The summed E-state index contributed by atoms with van der Waals surface area (Å²) in [5.41, 5.74) is 0.716. The zero-order valence-corrected chi connectivity index (χ0v) is 12.4. The summed E-state index contributed by atoms with van der Waals surface area (Å²) >= 11 is 0. The van der Waals surface area contributed by atoms with Crippen molar-refractivity contribution in [3.63, 3.8) is 0 Å². The van der Waals surface area contributed by atoms with Crippen molar-refractivity contribution in [2.75, 3.05) is 20.3 Å². The first-order valence-electron chi connectivity index (χ1n) is 6.63. The molecule has 1 aromatic rings. The van der Waals surface area contributed by atoms with E-state index in [0.29, 0.717) is 18.7 Å². The summed E-state index contributed by atoms with van der Waals surface area (Å²) < 4.78 is 5.01. The number of carbonyl (C=O) groups excluding carboxylic acids is 1. The van der Waals surface area contributed by atoms with Gasteiger partial charge in [-0.1, -0.05) is 6.07 Å². The van der Waals surface area contributed by atoms with Gasteiger partial charge in [0.25, 0.3) is 5.91 Å². The standard InChI is InChI=1S/C15H20N2O4/c1-11(2)17(9-10-21-3)15(20)14-12(5-4-8-16-14)6-7-13(18)19/h4-8,11H,9-10H2,1-3H3,(H,18,19)/b7-6+. The molecule has 1 aromatic heterocycles. The summed E-state index contributed by atoms with van der Waals surface area (Å²) in [4.78, 5) is 28.9. The number of methoxy groups -OCH3 is 1. The van der Waals surface area contributed by atoms with Gasteiger partial charge in [0.1, 0.15) is 5.69 Å². The molecule has 0 radical (unpaired) electrons. The van der Waals surface area contributed by atoms with Gasteiger partial charge in [-0.05, 0) is 26.0 Å². The quantitative estimate of drug-likeness (QED) is 0.773. The van der Waals surface area contributed by atoms with Crippen LogP contribution in [0.1, 0.15) is 29.9 Å². The number of rotatable bonds is 7. The molecule has 114 valence electrons. The Morgan fingerprint density at radius 2 is 2.19 bits per heavy atom. The summed E-state index contributed by atoms with van der Waals surface area (Å²) in [5.74, 6) is -1.31. The molecule has 0 saturated heterocycles. The van der Waals surface area contributed by atoms with Gasteiger partial charge in [-0.25, -0.2) is 4.79 Å². The lowest BCUT2D eigenvalue weighted by atomic mass is 10.1. The summed E-state index contributed by atoms with van der Waals surface area (Å²) in [6, 6.07) is 3.31. The Balaban J connectivity index is 3.07. The highest BCUT2D eigenvalue weighted by Crippen LogP contribution is 2.13. The van der Waals surface area contributed by atoms with Crippen LogP contribution < -0.4 is 0 Å². The maximum Gasteiger partial charge on any atom is 0.328 e. The van der Waals surface area contributed by atoms with Crippen LogP contribution in [0.15, 0.2) is 24.4 Å². The number of carbonyl (C=O) groups is 2. The van der Waals surface area contributed by atoms with E-state index < -0.39 is 5.97 Å². The molecule has 0 atom stereocenters. The zero-order valence-electron chi connectivity index (χ0n) is 12.4. The minimum absolute atomic E-state index is 0.00837. The van der Waals surface area contributed by atoms with Gasteiger partial charge in [-0.15, -0.1) is 0 Å². The monoisotopic (exact) mass is 292 g/mol. The van der Waals surface area contributed by atoms with Crippen LogP contribution >= 0.6 is 0 Å². The lowest BCUT2D eigenvalue weighted by molar-refractivity contribution is -0.131. The number of pyridine rings is 1. The third-order valence-corrected chi connectivity index (χ3v) is 2.87. The van der Waals surface area contributed by atoms with E-state index >= 15 is 0 Å². The Kier molecular flexibility index (Phi) is 6.55. The molecule has 6 nitrogen and oxygen atoms in total. The molecule has 1 rings (SSSR count). The fourth-order valence-corrected chi connectivity index (χ4v) is 1.81. The van der Waals surface area contributed by atoms with Crippen LogP contribution in [0.25, 0.3) is 6.08 Å². The molecule has 0 saturated carbocycles. The van der Waals surface area contributed by atoms with Gasteiger partial charge in [0.15, 0.2) is 0 Å². The van der Waals surface area contributed by atoms with Crippen LogP contribution in [-0.4, -0.2) is 53.2 Å². The summed E-state index contributed by atoms with van der Waals surface area (Å²) in [6.07, 6.45) is 3.88. The van der Waals surface area contributed by atoms with Crippen LogP contribution in [0.5, 0.6) is 0 Å². The molecule has 0 spiro atoms. The smallest absolute Gasteiger partial charge is 0.328 e. The normalized spacial score (nSPS) is 11.0. The molecule has 0 aliphatic rings. The topological polar surface area (TPSA) is 79.7 Å². The van der Waals surface area contributed by atoms with Gasteiger partial charge in [0, 0.05) is 37.5 Å². The van der Waals surface area contributed by atoms with Crippen molar-refractivity contribution >= 4 is 18.0 Å². The number of carboxylic acid groups (broad SMARTS) is 1. The first-order valence-corrected chi connectivity index (χ1v) is 6.63. The van der Waals surface area contributed by atoms with Crippen molar-refractivity contribution in [1.29, 1.82) is 0 Å². The third-order valence-electron chi connectivity index (χ3n) is 2.87. The van der Waals surface area contributed by atoms with Gasteiger partial charge < -0.3 is 14.7 Å². The molecule has 1 amide bonds. The lowest BCUT2D eigenvalue weighted by Gasteiger charge is -2.26. The minimum atomic E-state index is -1.07. The molecule has 0 aliphatic carbocycles. The number of carboxylic acids is 1. The molecule has 6 heteroatoms. The summed E-state index contributed by atoms with van der Waals surface area (Å²) in [5, 5.41) is 8.70. The van der Waals surface area contributed by atoms with E-state index in [1.165, 1.54) is 12.3 Å². The average molecular weight is 292 g/mol. The van der Waals surface area contributed by atoms with E-state index in [9.17, 15) is 9.59 Å². The lowest BCUT2D eigenvalue weighted by Crippen LogP contribution is -2.40. The molecule has 0 aliphatic heterocycles. The molecule has 1 N–H and O–H groups in total. The Hall–Kier alpha value is -2.21. The minimum Gasteiger partial charge on any atom is -0.478 e. The number of hydrogen-bond acceptors (Lipinski definition) is 4. The first-order chi connectivity index (χ1) is 9.97. The number of ether oxygens (including phenoxy) is 1. The van der Waals surface area contributed by atoms with Gasteiger partial charge >= 0.3 is 5.97 Å². The highest BCUT2D eigenvalue weighted by Gasteiger charge is 2.21. The van der Waals surface area contributed by atoms with Gasteiger partial charge in [-0.2, -0.15) is 0 Å². The SMILES string of the molecule is COCCN(C(=O)c1ncccc1/C=C/C(=O)O)C(C)C. The van der Waals surface area contributed by atoms with Crippen LogP contribution in [0.4, 0.5) is 0 Å². The highest BCUT2D eigenvalue weighted by atomic mass is 16.5. The van der Waals surface area contributed by atoms with E-state index in [4.69, 9.17) is 9.84 Å². The molecule has 21 heavy (non-hydrogen) atoms. The predicted octanol–water partition coefficient (Wildman–Crippen LogP) is 1.68. The largest absolute Gasteiger partial charge is 0.478 e. The van der Waals surface area contributed by atoms with E-state index in [0.717, 1.165) is 6.08 Å². The van der Waals surface area contributed by atoms with Crippen LogP contribution in [0, 0.1) is 0 Å². The van der Waals surface area contributed by atoms with E-state index in [2.05, 4.69) is 4.98 Å². The van der Waals surface area contributed by atoms with Crippen LogP contribution in [0.3, 0.4) is 0 Å². The predicted molar refractivity (Wildman–Crippen MR) is 79.0 cm³/mol. The Labute approximate surface area is 124 Å². The van der Waals surface area contributed by atoms with Crippen molar-refractivity contribution in [2.24, 2.45) is 0 Å². The van der Waals surface area contributed by atoms with Gasteiger partial charge in [0.2, 0.25) is 0 Å². The second-order valence-electron chi connectivity index (χ2n) is 4.70. The van der Waals surface area contributed by atoms with E-state index in [1.54, 1.807) is 24.1 Å². The Bertz CT molecular complexity index is 526.